The van der Waals surface area contributed by atoms with Gasteiger partial charge in [0.15, 0.2) is 0 Å². The lowest BCUT2D eigenvalue weighted by molar-refractivity contribution is -0.141. The monoisotopic (exact) mass is 333 g/mol. The first-order chi connectivity index (χ1) is 11.2. The predicted molar refractivity (Wildman–Crippen MR) is 87.3 cm³/mol. The Bertz CT molecular complexity index is 664. The quantitative estimate of drug-likeness (QED) is 0.900. The van der Waals surface area contributed by atoms with Gasteiger partial charge in [-0.15, -0.1) is 0 Å². The van der Waals surface area contributed by atoms with E-state index in [0.717, 1.165) is 23.3 Å². The molecule has 0 spiro atoms. The van der Waals surface area contributed by atoms with Crippen LogP contribution in [-0.2, 0) is 16.0 Å². The molecule has 6 heteroatoms. The van der Waals surface area contributed by atoms with E-state index in [-0.39, 0.29) is 12.5 Å². The highest BCUT2D eigenvalue weighted by Gasteiger charge is 2.42. The number of nitrogens with zero attached hydrogens (tertiary/aromatic N) is 1. The third kappa shape index (κ3) is 3.32. The zero-order valence-electron chi connectivity index (χ0n) is 14.2. The standard InChI is InChI=1S/C18H23NO5/c1-18(2,3)24-17(22)19-9-13(14(10-19)16(20)21)11-4-5-15-12(8-11)6-7-23-15/h4-5,8,13-14H,6-7,9-10H2,1-3H3,(H,20,21)/t13-,14-/m0/s1. The van der Waals surface area contributed by atoms with Gasteiger partial charge in [0.25, 0.3) is 0 Å². The van der Waals surface area contributed by atoms with Gasteiger partial charge in [0.1, 0.15) is 11.4 Å². The van der Waals surface area contributed by atoms with E-state index in [2.05, 4.69) is 0 Å². The van der Waals surface area contributed by atoms with Crippen LogP contribution in [0.2, 0.25) is 0 Å². The molecule has 24 heavy (non-hydrogen) atoms. The lowest BCUT2D eigenvalue weighted by Crippen LogP contribution is -2.35. The highest BCUT2D eigenvalue weighted by Crippen LogP contribution is 2.36. The van der Waals surface area contributed by atoms with E-state index < -0.39 is 23.6 Å². The predicted octanol–water partition coefficient (Wildman–Crippen LogP) is 2.66. The second-order valence-corrected chi connectivity index (χ2v) is 7.40. The fraction of sp³-hybridized carbons (Fsp3) is 0.556. The van der Waals surface area contributed by atoms with E-state index in [0.29, 0.717) is 13.2 Å². The Morgan fingerprint density at radius 3 is 2.71 bits per heavy atom. The van der Waals surface area contributed by atoms with E-state index in [4.69, 9.17) is 9.47 Å². The molecule has 0 bridgehead atoms. The molecular weight excluding hydrogens is 310 g/mol. The third-order valence-corrected chi connectivity index (χ3v) is 4.43. The van der Waals surface area contributed by atoms with Crippen LogP contribution in [0.1, 0.15) is 37.8 Å². The number of rotatable bonds is 2. The molecule has 130 valence electrons. The minimum atomic E-state index is -0.886. The van der Waals surface area contributed by atoms with Gasteiger partial charge in [-0.05, 0) is 38.0 Å². The molecule has 2 aliphatic rings. The van der Waals surface area contributed by atoms with Gasteiger partial charge in [-0.1, -0.05) is 12.1 Å². The molecule has 0 saturated carbocycles. The highest BCUT2D eigenvalue weighted by atomic mass is 16.6. The molecule has 0 aromatic heterocycles. The molecule has 2 aliphatic heterocycles. The molecule has 1 amide bonds. The molecule has 0 unspecified atom stereocenters. The molecule has 2 heterocycles. The summed E-state index contributed by atoms with van der Waals surface area (Å²) in [5.74, 6) is -0.880. The van der Waals surface area contributed by atoms with E-state index >= 15 is 0 Å². The zero-order chi connectivity index (χ0) is 17.5. The first kappa shape index (κ1) is 16.6. The number of carbonyl (C=O) groups excluding carboxylic acids is 1. The SMILES string of the molecule is CC(C)(C)OC(=O)N1C[C@H](C(=O)O)[C@H](c2ccc3c(c2)CCO3)C1. The number of carbonyl (C=O) groups is 2. The third-order valence-electron chi connectivity index (χ3n) is 4.43. The highest BCUT2D eigenvalue weighted by molar-refractivity contribution is 5.76. The molecule has 1 aromatic carbocycles. The van der Waals surface area contributed by atoms with Crippen LogP contribution in [0.3, 0.4) is 0 Å². The maximum atomic E-state index is 12.3. The second kappa shape index (κ2) is 6.00. The van der Waals surface area contributed by atoms with Crippen LogP contribution in [0, 0.1) is 5.92 Å². The molecular formula is C18H23NO5. The lowest BCUT2D eigenvalue weighted by atomic mass is 9.88. The molecule has 3 rings (SSSR count). The summed E-state index contributed by atoms with van der Waals surface area (Å²) in [5, 5.41) is 9.57. The van der Waals surface area contributed by atoms with Crippen LogP contribution in [0.5, 0.6) is 5.75 Å². The number of fused-ring (bicyclic) bond motifs is 1. The maximum absolute atomic E-state index is 12.3. The van der Waals surface area contributed by atoms with Gasteiger partial charge in [0.2, 0.25) is 0 Å². The number of hydrogen-bond donors (Lipinski definition) is 1. The maximum Gasteiger partial charge on any atom is 0.410 e. The summed E-state index contributed by atoms with van der Waals surface area (Å²) in [7, 11) is 0. The second-order valence-electron chi connectivity index (χ2n) is 7.40. The van der Waals surface area contributed by atoms with Crippen molar-refractivity contribution in [2.24, 2.45) is 5.92 Å². The summed E-state index contributed by atoms with van der Waals surface area (Å²) < 4.78 is 10.9. The molecule has 0 aliphatic carbocycles. The van der Waals surface area contributed by atoms with E-state index in [9.17, 15) is 14.7 Å². The van der Waals surface area contributed by atoms with Gasteiger partial charge in [-0.3, -0.25) is 4.79 Å². The summed E-state index contributed by atoms with van der Waals surface area (Å²) in [6, 6.07) is 5.82. The van der Waals surface area contributed by atoms with Crippen LogP contribution in [0.4, 0.5) is 4.79 Å². The van der Waals surface area contributed by atoms with Gasteiger partial charge >= 0.3 is 12.1 Å². The summed E-state index contributed by atoms with van der Waals surface area (Å²) in [6.45, 7) is 6.58. The smallest absolute Gasteiger partial charge is 0.410 e. The lowest BCUT2D eigenvalue weighted by Gasteiger charge is -2.24. The average molecular weight is 333 g/mol. The minimum absolute atomic E-state index is 0.169. The molecule has 1 aromatic rings. The number of hydrogen-bond acceptors (Lipinski definition) is 4. The van der Waals surface area contributed by atoms with Crippen molar-refractivity contribution in [2.45, 2.75) is 38.7 Å². The van der Waals surface area contributed by atoms with Crippen LogP contribution in [0.15, 0.2) is 18.2 Å². The summed E-state index contributed by atoms with van der Waals surface area (Å²) in [6.07, 6.45) is 0.379. The van der Waals surface area contributed by atoms with Crippen molar-refractivity contribution in [3.63, 3.8) is 0 Å². The van der Waals surface area contributed by atoms with Crippen LogP contribution < -0.4 is 4.74 Å². The molecule has 1 N–H and O–H groups in total. The Hall–Kier alpha value is -2.24. The normalized spacial score (nSPS) is 22.9. The first-order valence-corrected chi connectivity index (χ1v) is 8.21. The van der Waals surface area contributed by atoms with Gasteiger partial charge in [0.05, 0.1) is 12.5 Å². The fourth-order valence-electron chi connectivity index (χ4n) is 3.30. The number of aliphatic carboxylic acids is 1. The molecule has 1 saturated heterocycles. The molecule has 1 fully saturated rings. The van der Waals surface area contributed by atoms with Crippen molar-refractivity contribution in [2.75, 3.05) is 19.7 Å². The number of benzene rings is 1. The average Bonchev–Trinajstić information content (AvgIpc) is 3.11. The van der Waals surface area contributed by atoms with Gasteiger partial charge < -0.3 is 19.5 Å². The number of likely N-dealkylation sites (tertiary alicyclic amines) is 1. The van der Waals surface area contributed by atoms with E-state index in [1.807, 2.05) is 18.2 Å². The topological polar surface area (TPSA) is 76.1 Å². The molecule has 6 nitrogen and oxygen atoms in total. The van der Waals surface area contributed by atoms with Crippen LogP contribution in [0.25, 0.3) is 0 Å². The number of carboxylic acids is 1. The number of carboxylic acid groups (broad SMARTS) is 1. The summed E-state index contributed by atoms with van der Waals surface area (Å²) in [4.78, 5) is 25.5. The van der Waals surface area contributed by atoms with Crippen molar-refractivity contribution in [1.82, 2.24) is 4.90 Å². The van der Waals surface area contributed by atoms with Crippen molar-refractivity contribution >= 4 is 12.1 Å². The van der Waals surface area contributed by atoms with Gasteiger partial charge in [-0.2, -0.15) is 0 Å². The summed E-state index contributed by atoms with van der Waals surface area (Å²) in [5.41, 5.74) is 1.45. The van der Waals surface area contributed by atoms with Gasteiger partial charge in [-0.25, -0.2) is 4.79 Å². The zero-order valence-corrected chi connectivity index (χ0v) is 14.2. The Balaban J connectivity index is 1.81. The molecule has 0 radical (unpaired) electrons. The van der Waals surface area contributed by atoms with Crippen molar-refractivity contribution in [3.05, 3.63) is 29.3 Å². The minimum Gasteiger partial charge on any atom is -0.493 e. The Morgan fingerprint density at radius 1 is 1.29 bits per heavy atom. The molecule has 2 atom stereocenters. The fourth-order valence-corrected chi connectivity index (χ4v) is 3.30. The van der Waals surface area contributed by atoms with Gasteiger partial charge in [0, 0.05) is 25.4 Å². The van der Waals surface area contributed by atoms with Crippen molar-refractivity contribution in [1.29, 1.82) is 0 Å². The van der Waals surface area contributed by atoms with Crippen molar-refractivity contribution < 1.29 is 24.2 Å². The van der Waals surface area contributed by atoms with Crippen LogP contribution >= 0.6 is 0 Å². The largest absolute Gasteiger partial charge is 0.493 e. The van der Waals surface area contributed by atoms with E-state index in [1.54, 1.807) is 20.8 Å². The Kier molecular flexibility index (Phi) is 4.15. The van der Waals surface area contributed by atoms with E-state index in [1.165, 1.54) is 4.90 Å². The Morgan fingerprint density at radius 2 is 2.04 bits per heavy atom. The number of ether oxygens (including phenoxy) is 2. The van der Waals surface area contributed by atoms with Crippen LogP contribution in [-0.4, -0.2) is 47.4 Å². The summed E-state index contributed by atoms with van der Waals surface area (Å²) >= 11 is 0. The van der Waals surface area contributed by atoms with Crippen molar-refractivity contribution in [3.8, 4) is 5.75 Å². The first-order valence-electron chi connectivity index (χ1n) is 8.21. The number of amides is 1. The Labute approximate surface area is 141 Å².